The van der Waals surface area contributed by atoms with E-state index in [4.69, 9.17) is 17.3 Å². The fourth-order valence-corrected chi connectivity index (χ4v) is 4.09. The fraction of sp³-hybridized carbons (Fsp3) is 0.0769. The number of anilines is 1. The van der Waals surface area contributed by atoms with Gasteiger partial charge >= 0.3 is 0 Å². The van der Waals surface area contributed by atoms with E-state index < -0.39 is 15.7 Å². The second-order valence-electron chi connectivity index (χ2n) is 4.15. The average Bonchev–Trinajstić information content (AvgIpc) is 2.37. The Morgan fingerprint density at radius 3 is 2.65 bits per heavy atom. The second kappa shape index (κ2) is 5.71. The van der Waals surface area contributed by atoms with E-state index in [1.807, 2.05) is 0 Å². The Hall–Kier alpha value is -1.11. The van der Waals surface area contributed by atoms with Gasteiger partial charge in [0.05, 0.1) is 20.8 Å². The molecule has 0 heterocycles. The Bertz CT molecular complexity index is 765. The quantitative estimate of drug-likeness (QED) is 0.827. The van der Waals surface area contributed by atoms with E-state index in [0.717, 1.165) is 0 Å². The summed E-state index contributed by atoms with van der Waals surface area (Å²) < 4.78 is 38.3. The zero-order valence-electron chi connectivity index (χ0n) is 10.1. The van der Waals surface area contributed by atoms with Crippen LogP contribution in [0.5, 0.6) is 0 Å². The maximum absolute atomic E-state index is 13.4. The first kappa shape index (κ1) is 15.3. The molecule has 20 heavy (non-hydrogen) atoms. The van der Waals surface area contributed by atoms with Gasteiger partial charge in [-0.25, -0.2) is 12.8 Å². The van der Waals surface area contributed by atoms with Gasteiger partial charge in [-0.15, -0.1) is 0 Å². The maximum atomic E-state index is 13.4. The molecule has 2 aromatic rings. The van der Waals surface area contributed by atoms with E-state index in [-0.39, 0.29) is 25.8 Å². The fourth-order valence-electron chi connectivity index (χ4n) is 1.72. The molecule has 0 radical (unpaired) electrons. The number of nitrogens with two attached hydrogens (primary N) is 1. The zero-order valence-corrected chi connectivity index (χ0v) is 13.3. The molecule has 0 saturated heterocycles. The lowest BCUT2D eigenvalue weighted by Gasteiger charge is -2.09. The lowest BCUT2D eigenvalue weighted by Crippen LogP contribution is -2.08. The van der Waals surface area contributed by atoms with Crippen LogP contribution >= 0.6 is 27.5 Å². The normalized spacial score (nSPS) is 11.6. The maximum Gasteiger partial charge on any atom is 0.184 e. The van der Waals surface area contributed by atoms with Crippen molar-refractivity contribution in [1.29, 1.82) is 0 Å². The molecule has 0 bridgehead atoms. The molecular weight excluding hydrogens is 369 g/mol. The number of halogens is 3. The summed E-state index contributed by atoms with van der Waals surface area (Å²) in [7, 11) is -3.71. The number of hydrogen-bond acceptors (Lipinski definition) is 3. The molecule has 2 N–H and O–H groups in total. The summed E-state index contributed by atoms with van der Waals surface area (Å²) in [6, 6.07) is 8.45. The van der Waals surface area contributed by atoms with Crippen LogP contribution in [0.2, 0.25) is 5.02 Å². The highest BCUT2D eigenvalue weighted by molar-refractivity contribution is 9.10. The van der Waals surface area contributed by atoms with Crippen LogP contribution in [0, 0.1) is 5.82 Å². The Kier molecular flexibility index (Phi) is 4.36. The van der Waals surface area contributed by atoms with Gasteiger partial charge in [-0.2, -0.15) is 0 Å². The molecule has 2 rings (SSSR count). The molecule has 7 heteroatoms. The Labute approximate surface area is 129 Å². The molecule has 0 saturated carbocycles. The lowest BCUT2D eigenvalue weighted by molar-refractivity contribution is 0.594. The molecule has 3 nitrogen and oxygen atoms in total. The number of rotatable bonds is 3. The van der Waals surface area contributed by atoms with Gasteiger partial charge in [0.25, 0.3) is 0 Å². The van der Waals surface area contributed by atoms with Crippen molar-refractivity contribution in [2.24, 2.45) is 0 Å². The van der Waals surface area contributed by atoms with E-state index in [0.29, 0.717) is 5.56 Å². The summed E-state index contributed by atoms with van der Waals surface area (Å²) in [6.45, 7) is 0. The summed E-state index contributed by atoms with van der Waals surface area (Å²) in [5.41, 5.74) is 6.11. The van der Waals surface area contributed by atoms with Crippen molar-refractivity contribution in [3.8, 4) is 0 Å². The van der Waals surface area contributed by atoms with Gasteiger partial charge in [0.2, 0.25) is 0 Å². The SMILES string of the molecule is Nc1ccc(Cl)cc1S(=O)(=O)Cc1cccc(F)c1Br. The third-order valence-corrected chi connectivity index (χ3v) is 5.53. The van der Waals surface area contributed by atoms with E-state index in [1.54, 1.807) is 0 Å². The van der Waals surface area contributed by atoms with Gasteiger partial charge in [-0.05, 0) is 45.8 Å². The van der Waals surface area contributed by atoms with Crippen molar-refractivity contribution in [1.82, 2.24) is 0 Å². The van der Waals surface area contributed by atoms with Gasteiger partial charge in [0.1, 0.15) is 5.82 Å². The Morgan fingerprint density at radius 1 is 1.25 bits per heavy atom. The van der Waals surface area contributed by atoms with Gasteiger partial charge in [-0.1, -0.05) is 23.7 Å². The van der Waals surface area contributed by atoms with Crippen LogP contribution < -0.4 is 5.73 Å². The van der Waals surface area contributed by atoms with Crippen LogP contribution in [0.4, 0.5) is 10.1 Å². The van der Waals surface area contributed by atoms with Gasteiger partial charge in [-0.3, -0.25) is 0 Å². The minimum absolute atomic E-state index is 0.0545. The van der Waals surface area contributed by atoms with E-state index >= 15 is 0 Å². The molecule has 106 valence electrons. The van der Waals surface area contributed by atoms with Crippen LogP contribution in [-0.2, 0) is 15.6 Å². The van der Waals surface area contributed by atoms with E-state index in [2.05, 4.69) is 15.9 Å². The number of sulfone groups is 1. The van der Waals surface area contributed by atoms with E-state index in [1.165, 1.54) is 36.4 Å². The molecule has 0 aliphatic carbocycles. The summed E-state index contributed by atoms with van der Waals surface area (Å²) in [5, 5.41) is 0.274. The summed E-state index contributed by atoms with van der Waals surface area (Å²) in [4.78, 5) is -0.0545. The largest absolute Gasteiger partial charge is 0.398 e. The molecule has 0 unspecified atom stereocenters. The molecule has 0 amide bonds. The molecular formula is C13H10BrClFNO2S. The standard InChI is InChI=1S/C13H10BrClFNO2S/c14-13-8(2-1-3-10(13)16)7-20(18,19)12-6-9(15)4-5-11(12)17/h1-6H,7,17H2. The minimum Gasteiger partial charge on any atom is -0.398 e. The van der Waals surface area contributed by atoms with Crippen LogP contribution in [0.1, 0.15) is 5.56 Å². The third-order valence-electron chi connectivity index (χ3n) is 2.69. The Balaban J connectivity index is 2.46. The molecule has 0 aromatic heterocycles. The summed E-state index contributed by atoms with van der Waals surface area (Å²) in [5.74, 6) is -0.882. The second-order valence-corrected chi connectivity index (χ2v) is 7.34. The average molecular weight is 379 g/mol. The highest BCUT2D eigenvalue weighted by Crippen LogP contribution is 2.29. The van der Waals surface area contributed by atoms with Crippen molar-refractivity contribution < 1.29 is 12.8 Å². The predicted octanol–water partition coefficient (Wildman–Crippen LogP) is 3.80. The highest BCUT2D eigenvalue weighted by atomic mass is 79.9. The van der Waals surface area contributed by atoms with Gasteiger partial charge in [0.15, 0.2) is 9.84 Å². The third kappa shape index (κ3) is 3.13. The number of nitrogen functional groups attached to an aromatic ring is 1. The monoisotopic (exact) mass is 377 g/mol. The molecule has 0 fully saturated rings. The van der Waals surface area contributed by atoms with Crippen LogP contribution in [0.25, 0.3) is 0 Å². The van der Waals surface area contributed by atoms with Crippen LogP contribution in [0.3, 0.4) is 0 Å². The molecule has 2 aromatic carbocycles. The lowest BCUT2D eigenvalue weighted by atomic mass is 10.2. The summed E-state index contributed by atoms with van der Waals surface area (Å²) in [6.07, 6.45) is 0. The molecule has 0 aliphatic heterocycles. The van der Waals surface area contributed by atoms with Crippen LogP contribution in [-0.4, -0.2) is 8.42 Å². The van der Waals surface area contributed by atoms with Crippen LogP contribution in [0.15, 0.2) is 45.8 Å². The van der Waals surface area contributed by atoms with Crippen molar-refractivity contribution in [3.63, 3.8) is 0 Å². The molecule has 0 atom stereocenters. The minimum atomic E-state index is -3.71. The highest BCUT2D eigenvalue weighted by Gasteiger charge is 2.21. The predicted molar refractivity (Wildman–Crippen MR) is 80.9 cm³/mol. The van der Waals surface area contributed by atoms with Gasteiger partial charge < -0.3 is 5.73 Å². The number of benzene rings is 2. The summed E-state index contributed by atoms with van der Waals surface area (Å²) >= 11 is 8.83. The van der Waals surface area contributed by atoms with Crippen molar-refractivity contribution >= 4 is 43.1 Å². The first-order chi connectivity index (χ1) is 9.31. The van der Waals surface area contributed by atoms with Crippen molar-refractivity contribution in [3.05, 3.63) is 57.3 Å². The number of hydrogen-bond donors (Lipinski definition) is 1. The van der Waals surface area contributed by atoms with Crippen molar-refractivity contribution in [2.75, 3.05) is 5.73 Å². The molecule has 0 aliphatic rings. The van der Waals surface area contributed by atoms with Gasteiger partial charge in [0, 0.05) is 5.02 Å². The van der Waals surface area contributed by atoms with Crippen molar-refractivity contribution in [2.45, 2.75) is 10.6 Å². The zero-order chi connectivity index (χ0) is 14.9. The smallest absolute Gasteiger partial charge is 0.184 e. The molecule has 0 spiro atoms. The van der Waals surface area contributed by atoms with E-state index in [9.17, 15) is 12.8 Å². The topological polar surface area (TPSA) is 60.2 Å². The first-order valence-corrected chi connectivity index (χ1v) is 8.34. The Morgan fingerprint density at radius 2 is 1.95 bits per heavy atom. The first-order valence-electron chi connectivity index (χ1n) is 5.52.